The molecule has 2 aromatic heterocycles. The van der Waals surface area contributed by atoms with Crippen LogP contribution in [0.1, 0.15) is 24.0 Å². The molecule has 1 saturated heterocycles. The van der Waals surface area contributed by atoms with Crippen molar-refractivity contribution in [3.8, 4) is 10.4 Å². The lowest BCUT2D eigenvalue weighted by Crippen LogP contribution is -2.18. The summed E-state index contributed by atoms with van der Waals surface area (Å²) in [4.78, 5) is 12.3. The molecule has 3 N–H and O–H groups in total. The van der Waals surface area contributed by atoms with Crippen molar-refractivity contribution >= 4 is 38.8 Å². The number of nitrogens with one attached hydrogen (secondary N) is 1. The molecule has 0 spiro atoms. The van der Waals surface area contributed by atoms with Gasteiger partial charge in [-0.2, -0.15) is 0 Å². The van der Waals surface area contributed by atoms with E-state index in [4.69, 9.17) is 5.73 Å². The fourth-order valence-electron chi connectivity index (χ4n) is 4.07. The van der Waals surface area contributed by atoms with Gasteiger partial charge in [0.2, 0.25) is 0 Å². The lowest BCUT2D eigenvalue weighted by atomic mass is 10.1. The van der Waals surface area contributed by atoms with Gasteiger partial charge in [0.05, 0.1) is 4.88 Å². The number of rotatable bonds is 6. The Bertz CT molecular complexity index is 1240. The quantitative estimate of drug-likeness (QED) is 0.418. The zero-order chi connectivity index (χ0) is 21.2. The smallest absolute Gasteiger partial charge is 0.180 e. The van der Waals surface area contributed by atoms with Gasteiger partial charge >= 0.3 is 0 Å². The summed E-state index contributed by atoms with van der Waals surface area (Å²) in [5, 5.41) is 6.16. The molecule has 1 aliphatic heterocycles. The Kier molecular flexibility index (Phi) is 5.40. The van der Waals surface area contributed by atoms with Crippen molar-refractivity contribution < 1.29 is 0 Å². The SMILES string of the molecule is C=C(Nc1cc2cc(-c3cnc(N)s3)ccc2cn1)c1cccc(CN2CCCC2)c1. The van der Waals surface area contributed by atoms with E-state index in [1.807, 2.05) is 12.4 Å². The van der Waals surface area contributed by atoms with Crippen LogP contribution in [0.4, 0.5) is 10.9 Å². The molecule has 0 bridgehead atoms. The van der Waals surface area contributed by atoms with E-state index in [1.54, 1.807) is 0 Å². The largest absolute Gasteiger partial charge is 0.375 e. The van der Waals surface area contributed by atoms with E-state index in [9.17, 15) is 0 Å². The van der Waals surface area contributed by atoms with Crippen LogP contribution < -0.4 is 11.1 Å². The average molecular weight is 428 g/mol. The highest BCUT2D eigenvalue weighted by molar-refractivity contribution is 7.18. The Labute approximate surface area is 186 Å². The van der Waals surface area contributed by atoms with Gasteiger partial charge in [0, 0.05) is 30.0 Å². The molecule has 0 unspecified atom stereocenters. The lowest BCUT2D eigenvalue weighted by Gasteiger charge is -2.16. The first-order chi connectivity index (χ1) is 15.1. The van der Waals surface area contributed by atoms with E-state index in [1.165, 1.54) is 42.8 Å². The molecule has 0 atom stereocenters. The van der Waals surface area contributed by atoms with Gasteiger partial charge in [-0.05, 0) is 66.2 Å². The van der Waals surface area contributed by atoms with Gasteiger partial charge in [-0.3, -0.25) is 4.90 Å². The number of nitrogens with zero attached hydrogens (tertiary/aromatic N) is 3. The summed E-state index contributed by atoms with van der Waals surface area (Å²) in [5.74, 6) is 0.781. The third-order valence-electron chi connectivity index (χ3n) is 5.69. The van der Waals surface area contributed by atoms with Gasteiger partial charge in [0.1, 0.15) is 5.82 Å². The lowest BCUT2D eigenvalue weighted by molar-refractivity contribution is 0.331. The third-order valence-corrected chi connectivity index (χ3v) is 6.56. The van der Waals surface area contributed by atoms with Gasteiger partial charge in [0.25, 0.3) is 0 Å². The number of nitrogens with two attached hydrogens (primary N) is 1. The second kappa shape index (κ2) is 8.49. The van der Waals surface area contributed by atoms with Crippen LogP contribution in [0.15, 0.2) is 67.5 Å². The van der Waals surface area contributed by atoms with Crippen LogP contribution in [0.2, 0.25) is 0 Å². The first kappa shape index (κ1) is 19.7. The van der Waals surface area contributed by atoms with Crippen molar-refractivity contribution in [3.63, 3.8) is 0 Å². The molecule has 0 amide bonds. The first-order valence-electron chi connectivity index (χ1n) is 10.5. The Morgan fingerprint density at radius 3 is 2.71 bits per heavy atom. The number of fused-ring (bicyclic) bond motifs is 1. The molecular weight excluding hydrogens is 402 g/mol. The van der Waals surface area contributed by atoms with E-state index in [-0.39, 0.29) is 0 Å². The summed E-state index contributed by atoms with van der Waals surface area (Å²) in [5.41, 5.74) is 10.2. The van der Waals surface area contributed by atoms with Crippen LogP contribution in [0.5, 0.6) is 0 Å². The highest BCUT2D eigenvalue weighted by atomic mass is 32.1. The number of aromatic nitrogens is 2. The summed E-state index contributed by atoms with van der Waals surface area (Å²) >= 11 is 1.49. The second-order valence-corrected chi connectivity index (χ2v) is 9.04. The van der Waals surface area contributed by atoms with Gasteiger partial charge in [-0.1, -0.05) is 48.2 Å². The molecule has 0 saturated carbocycles. The number of benzene rings is 2. The monoisotopic (exact) mass is 427 g/mol. The van der Waals surface area contributed by atoms with Gasteiger partial charge < -0.3 is 11.1 Å². The van der Waals surface area contributed by atoms with Crippen molar-refractivity contribution in [1.29, 1.82) is 0 Å². The molecule has 0 radical (unpaired) electrons. The van der Waals surface area contributed by atoms with Crippen molar-refractivity contribution in [2.75, 3.05) is 24.1 Å². The number of pyridine rings is 1. The maximum absolute atomic E-state index is 5.79. The molecule has 1 aliphatic rings. The van der Waals surface area contributed by atoms with Crippen LogP contribution in [-0.2, 0) is 6.54 Å². The summed E-state index contributed by atoms with van der Waals surface area (Å²) < 4.78 is 0. The molecule has 4 aromatic rings. The number of thiazole rings is 1. The molecule has 31 heavy (non-hydrogen) atoms. The summed E-state index contributed by atoms with van der Waals surface area (Å²) in [6, 6.07) is 17.0. The maximum Gasteiger partial charge on any atom is 0.180 e. The van der Waals surface area contributed by atoms with Gasteiger partial charge in [-0.25, -0.2) is 9.97 Å². The van der Waals surface area contributed by atoms with Crippen LogP contribution in [0, 0.1) is 0 Å². The summed E-state index contributed by atoms with van der Waals surface area (Å²) in [7, 11) is 0. The Hall–Kier alpha value is -3.22. The second-order valence-electron chi connectivity index (χ2n) is 7.98. The number of nitrogen functional groups attached to an aromatic ring is 1. The van der Waals surface area contributed by atoms with E-state index >= 15 is 0 Å². The van der Waals surface area contributed by atoms with E-state index in [2.05, 4.69) is 75.3 Å². The minimum atomic E-state index is 0.579. The van der Waals surface area contributed by atoms with E-state index < -0.39 is 0 Å². The zero-order valence-corrected chi connectivity index (χ0v) is 18.2. The fraction of sp³-hybridized carbons (Fsp3) is 0.200. The highest BCUT2D eigenvalue weighted by Crippen LogP contribution is 2.30. The standard InChI is InChI=1S/C25H25N5S/c1-17(19-6-4-5-18(11-19)16-30-9-2-3-10-30)29-24-13-22-12-20(7-8-21(22)14-27-24)23-15-28-25(26)31-23/h4-8,11-15H,1-3,9-10,16H2,(H2,26,28)(H,27,29). The highest BCUT2D eigenvalue weighted by Gasteiger charge is 2.12. The van der Waals surface area contributed by atoms with Crippen molar-refractivity contribution in [2.24, 2.45) is 0 Å². The predicted octanol–water partition coefficient (Wildman–Crippen LogP) is 5.62. The molecule has 156 valence electrons. The molecule has 1 fully saturated rings. The van der Waals surface area contributed by atoms with Crippen LogP contribution >= 0.6 is 11.3 Å². The molecule has 5 rings (SSSR count). The summed E-state index contributed by atoms with van der Waals surface area (Å²) in [6.45, 7) is 7.65. The van der Waals surface area contributed by atoms with Crippen molar-refractivity contribution in [2.45, 2.75) is 19.4 Å². The molecule has 3 heterocycles. The Morgan fingerprint density at radius 2 is 1.90 bits per heavy atom. The summed E-state index contributed by atoms with van der Waals surface area (Å²) in [6.07, 6.45) is 6.32. The van der Waals surface area contributed by atoms with E-state index in [0.717, 1.165) is 44.8 Å². The minimum Gasteiger partial charge on any atom is -0.375 e. The molecule has 5 nitrogen and oxygen atoms in total. The third kappa shape index (κ3) is 4.45. The van der Waals surface area contributed by atoms with Crippen LogP contribution in [-0.4, -0.2) is 28.0 Å². The molecule has 2 aromatic carbocycles. The molecule has 0 aliphatic carbocycles. The Balaban J connectivity index is 1.35. The van der Waals surface area contributed by atoms with Crippen molar-refractivity contribution in [1.82, 2.24) is 14.9 Å². The maximum atomic E-state index is 5.79. The molecular formula is C25H25N5S. The first-order valence-corrected chi connectivity index (χ1v) is 11.3. The number of anilines is 2. The topological polar surface area (TPSA) is 67.1 Å². The number of hydrogen-bond donors (Lipinski definition) is 2. The van der Waals surface area contributed by atoms with Gasteiger partial charge in [0.15, 0.2) is 5.13 Å². The molecule has 6 heteroatoms. The van der Waals surface area contributed by atoms with Crippen LogP contribution in [0.25, 0.3) is 26.9 Å². The van der Waals surface area contributed by atoms with Crippen molar-refractivity contribution in [3.05, 3.63) is 78.6 Å². The number of likely N-dealkylation sites (tertiary alicyclic amines) is 1. The minimum absolute atomic E-state index is 0.579. The normalized spacial score (nSPS) is 14.2. The Morgan fingerprint density at radius 1 is 1.03 bits per heavy atom. The zero-order valence-electron chi connectivity index (χ0n) is 17.3. The fourth-order valence-corrected chi connectivity index (χ4v) is 4.75. The van der Waals surface area contributed by atoms with Crippen LogP contribution in [0.3, 0.4) is 0 Å². The van der Waals surface area contributed by atoms with E-state index in [0.29, 0.717) is 5.13 Å². The predicted molar refractivity (Wildman–Crippen MR) is 131 cm³/mol. The average Bonchev–Trinajstić information content (AvgIpc) is 3.45. The van der Waals surface area contributed by atoms with Gasteiger partial charge in [-0.15, -0.1) is 0 Å². The number of hydrogen-bond acceptors (Lipinski definition) is 6.